The molecule has 3 heterocycles. The Morgan fingerprint density at radius 2 is 1.97 bits per heavy atom. The second-order valence-electron chi connectivity index (χ2n) is 7.82. The van der Waals surface area contributed by atoms with Crippen LogP contribution in [0, 0.1) is 0 Å². The summed E-state index contributed by atoms with van der Waals surface area (Å²) in [5.41, 5.74) is 7.27. The van der Waals surface area contributed by atoms with Gasteiger partial charge in [-0.25, -0.2) is 5.43 Å². The van der Waals surface area contributed by atoms with Crippen LogP contribution in [0.1, 0.15) is 61.5 Å². The molecule has 0 aliphatic carbocycles. The van der Waals surface area contributed by atoms with Gasteiger partial charge in [-0.05, 0) is 67.0 Å². The van der Waals surface area contributed by atoms with E-state index in [0.29, 0.717) is 12.1 Å². The first kappa shape index (κ1) is 20.6. The molecule has 4 rings (SSSR count). The van der Waals surface area contributed by atoms with Gasteiger partial charge in [0.25, 0.3) is 11.1 Å². The number of rotatable bonds is 4. The molecule has 7 heteroatoms. The molecule has 0 radical (unpaired) electrons. The first-order chi connectivity index (χ1) is 14.5. The molecule has 2 amide bonds. The molecule has 30 heavy (non-hydrogen) atoms. The molecule has 0 saturated heterocycles. The van der Waals surface area contributed by atoms with E-state index in [0.717, 1.165) is 36.2 Å². The van der Waals surface area contributed by atoms with Gasteiger partial charge in [-0.2, -0.15) is 5.10 Å². The summed E-state index contributed by atoms with van der Waals surface area (Å²) in [6, 6.07) is 9.76. The lowest BCUT2D eigenvalue weighted by molar-refractivity contribution is 0.0980. The van der Waals surface area contributed by atoms with E-state index in [9.17, 15) is 9.59 Å². The van der Waals surface area contributed by atoms with Crippen molar-refractivity contribution in [3.05, 3.63) is 59.4 Å². The molecule has 1 aromatic heterocycles. The first-order valence-electron chi connectivity index (χ1n) is 10.4. The van der Waals surface area contributed by atoms with Crippen LogP contribution in [0.2, 0.25) is 0 Å². The minimum absolute atomic E-state index is 0.00148. The van der Waals surface area contributed by atoms with Crippen molar-refractivity contribution in [2.45, 2.75) is 50.7 Å². The molecule has 0 bridgehead atoms. The van der Waals surface area contributed by atoms with Crippen LogP contribution in [-0.4, -0.2) is 33.6 Å². The maximum absolute atomic E-state index is 13.2. The Hall–Kier alpha value is -2.67. The number of hydrazone groups is 1. The van der Waals surface area contributed by atoms with Gasteiger partial charge in [-0.1, -0.05) is 31.7 Å². The van der Waals surface area contributed by atoms with Gasteiger partial charge in [0.2, 0.25) is 0 Å². The predicted molar refractivity (Wildman–Crippen MR) is 121 cm³/mol. The van der Waals surface area contributed by atoms with E-state index in [-0.39, 0.29) is 21.8 Å². The summed E-state index contributed by atoms with van der Waals surface area (Å²) in [5, 5.41) is 4.17. The zero-order chi connectivity index (χ0) is 21.3. The lowest BCUT2D eigenvalue weighted by Crippen LogP contribution is -2.43. The zero-order valence-electron chi connectivity index (χ0n) is 17.5. The van der Waals surface area contributed by atoms with E-state index in [1.165, 1.54) is 17.3 Å². The quantitative estimate of drug-likeness (QED) is 0.772. The van der Waals surface area contributed by atoms with E-state index >= 15 is 0 Å². The van der Waals surface area contributed by atoms with Gasteiger partial charge in [-0.3, -0.25) is 14.6 Å². The second-order valence-corrected chi connectivity index (χ2v) is 9.13. The van der Waals surface area contributed by atoms with E-state index in [2.05, 4.69) is 35.4 Å². The number of thioether (sulfide) groups is 1. The number of pyridine rings is 1. The number of nitrogens with one attached hydrogen (secondary N) is 1. The summed E-state index contributed by atoms with van der Waals surface area (Å²) in [4.78, 5) is 30.8. The lowest BCUT2D eigenvalue weighted by Gasteiger charge is -2.43. The molecular weight excluding hydrogens is 396 g/mol. The summed E-state index contributed by atoms with van der Waals surface area (Å²) in [6.07, 6.45) is 6.23. The SMILES string of the molecule is CCC1(CC)CCN(C(=O)c2ccncc2)c2ccc(C3=NNC(=O)SC3C)cc21. The van der Waals surface area contributed by atoms with Gasteiger partial charge < -0.3 is 4.90 Å². The number of fused-ring (bicyclic) bond motifs is 1. The number of anilines is 1. The fourth-order valence-electron chi connectivity index (χ4n) is 4.52. The summed E-state index contributed by atoms with van der Waals surface area (Å²) in [7, 11) is 0. The van der Waals surface area contributed by atoms with Gasteiger partial charge in [0.1, 0.15) is 0 Å². The van der Waals surface area contributed by atoms with Crippen LogP contribution in [0.15, 0.2) is 47.8 Å². The first-order valence-corrected chi connectivity index (χ1v) is 11.3. The maximum Gasteiger partial charge on any atom is 0.299 e. The van der Waals surface area contributed by atoms with Gasteiger partial charge in [-0.15, -0.1) is 0 Å². The molecule has 6 nitrogen and oxygen atoms in total. The van der Waals surface area contributed by atoms with Crippen molar-refractivity contribution < 1.29 is 9.59 Å². The van der Waals surface area contributed by atoms with E-state index in [1.54, 1.807) is 24.5 Å². The number of carbonyl (C=O) groups is 2. The van der Waals surface area contributed by atoms with Gasteiger partial charge in [0.15, 0.2) is 0 Å². The number of aromatic nitrogens is 1. The standard InChI is InChI=1S/C23H26N4O2S/c1-4-23(5-2)10-13-27(21(28)16-8-11-24-12-9-16)19-7-6-17(14-18(19)23)20-15(3)30-22(29)26-25-20/h6-9,11-12,14-15H,4-5,10,13H2,1-3H3,(H,26,29). The number of hydrogen-bond donors (Lipinski definition) is 1. The molecule has 1 N–H and O–H groups in total. The Balaban J connectivity index is 1.80. The molecule has 1 aromatic carbocycles. The van der Waals surface area contributed by atoms with Crippen molar-refractivity contribution in [2.75, 3.05) is 11.4 Å². The van der Waals surface area contributed by atoms with Crippen LogP contribution in [-0.2, 0) is 5.41 Å². The van der Waals surface area contributed by atoms with Crippen LogP contribution >= 0.6 is 11.8 Å². The highest BCUT2D eigenvalue weighted by molar-refractivity contribution is 8.14. The Morgan fingerprint density at radius 3 is 2.63 bits per heavy atom. The third-order valence-corrected chi connectivity index (χ3v) is 7.31. The van der Waals surface area contributed by atoms with Crippen molar-refractivity contribution in [1.29, 1.82) is 0 Å². The van der Waals surface area contributed by atoms with Crippen molar-refractivity contribution in [1.82, 2.24) is 10.4 Å². The average molecular weight is 423 g/mol. The Morgan fingerprint density at radius 1 is 1.23 bits per heavy atom. The van der Waals surface area contributed by atoms with Crippen molar-refractivity contribution in [2.24, 2.45) is 5.10 Å². The van der Waals surface area contributed by atoms with Crippen LogP contribution in [0.3, 0.4) is 0 Å². The fraction of sp³-hybridized carbons (Fsp3) is 0.391. The van der Waals surface area contributed by atoms with Crippen LogP contribution in [0.25, 0.3) is 0 Å². The Labute approximate surface area is 181 Å². The van der Waals surface area contributed by atoms with E-state index < -0.39 is 0 Å². The third-order valence-electron chi connectivity index (χ3n) is 6.43. The van der Waals surface area contributed by atoms with Crippen LogP contribution in [0.5, 0.6) is 0 Å². The van der Waals surface area contributed by atoms with Crippen LogP contribution < -0.4 is 10.3 Å². The maximum atomic E-state index is 13.2. The minimum atomic E-state index is -0.130. The fourth-order valence-corrected chi connectivity index (χ4v) is 5.24. The summed E-state index contributed by atoms with van der Waals surface area (Å²) in [6.45, 7) is 7.13. The average Bonchev–Trinajstić information content (AvgIpc) is 2.78. The van der Waals surface area contributed by atoms with E-state index in [4.69, 9.17) is 0 Å². The highest BCUT2D eigenvalue weighted by atomic mass is 32.2. The summed E-state index contributed by atoms with van der Waals surface area (Å²) in [5.74, 6) is -0.00148. The molecule has 2 aromatic rings. The van der Waals surface area contributed by atoms with Gasteiger partial charge in [0.05, 0.1) is 11.0 Å². The van der Waals surface area contributed by atoms with E-state index in [1.807, 2.05) is 24.0 Å². The smallest absolute Gasteiger partial charge is 0.299 e. The highest BCUT2D eigenvalue weighted by Crippen LogP contribution is 2.45. The molecule has 1 atom stereocenters. The monoisotopic (exact) mass is 422 g/mol. The third kappa shape index (κ3) is 3.51. The molecule has 2 aliphatic rings. The normalized spacial score (nSPS) is 20.2. The van der Waals surface area contributed by atoms with Gasteiger partial charge in [0, 0.05) is 30.2 Å². The molecule has 0 saturated carbocycles. The summed E-state index contributed by atoms with van der Waals surface area (Å²) < 4.78 is 0. The van der Waals surface area contributed by atoms with Crippen molar-refractivity contribution in [3.8, 4) is 0 Å². The minimum Gasteiger partial charge on any atom is -0.308 e. The summed E-state index contributed by atoms with van der Waals surface area (Å²) >= 11 is 1.24. The molecular formula is C23H26N4O2S. The molecule has 156 valence electrons. The van der Waals surface area contributed by atoms with Crippen molar-refractivity contribution in [3.63, 3.8) is 0 Å². The Bertz CT molecular complexity index is 1000. The van der Waals surface area contributed by atoms with Crippen LogP contribution in [0.4, 0.5) is 10.5 Å². The number of nitrogens with zero attached hydrogens (tertiary/aromatic N) is 3. The van der Waals surface area contributed by atoms with Gasteiger partial charge >= 0.3 is 0 Å². The predicted octanol–water partition coefficient (Wildman–Crippen LogP) is 4.74. The number of benzene rings is 1. The lowest BCUT2D eigenvalue weighted by atomic mass is 9.70. The molecule has 0 fully saturated rings. The number of carbonyl (C=O) groups excluding carboxylic acids is 2. The second kappa shape index (κ2) is 8.22. The molecule has 2 aliphatic heterocycles. The largest absolute Gasteiger partial charge is 0.308 e. The number of amides is 2. The highest BCUT2D eigenvalue weighted by Gasteiger charge is 2.39. The Kier molecular flexibility index (Phi) is 5.64. The molecule has 0 spiro atoms. The number of hydrogen-bond acceptors (Lipinski definition) is 5. The van der Waals surface area contributed by atoms with Crippen molar-refractivity contribution >= 4 is 34.3 Å². The topological polar surface area (TPSA) is 74.7 Å². The zero-order valence-corrected chi connectivity index (χ0v) is 18.3. The molecule has 1 unspecified atom stereocenters.